The second kappa shape index (κ2) is 10.3. The molecule has 1 aliphatic heterocycles. The van der Waals surface area contributed by atoms with Gasteiger partial charge >= 0.3 is 6.03 Å². The number of rotatable bonds is 8. The quantitative estimate of drug-likeness (QED) is 0.288. The molecule has 4 aromatic rings. The van der Waals surface area contributed by atoms with Gasteiger partial charge in [0.05, 0.1) is 29.3 Å². The number of imide groups is 1. The summed E-state index contributed by atoms with van der Waals surface area (Å²) < 4.78 is 15.5. The zero-order valence-electron chi connectivity index (χ0n) is 24.7. The lowest BCUT2D eigenvalue weighted by Gasteiger charge is -2.17. The highest BCUT2D eigenvalue weighted by Crippen LogP contribution is 2.46. The fraction of sp³-hybridized carbons (Fsp3) is 0.400. The lowest BCUT2D eigenvalue weighted by Crippen LogP contribution is -2.30. The minimum atomic E-state index is -0.473. The summed E-state index contributed by atoms with van der Waals surface area (Å²) in [5.41, 5.74) is 3.27. The Morgan fingerprint density at radius 3 is 2.55 bits per heavy atom. The van der Waals surface area contributed by atoms with Crippen LogP contribution >= 0.6 is 0 Å². The van der Waals surface area contributed by atoms with Gasteiger partial charge in [-0.1, -0.05) is 0 Å². The molecule has 2 saturated carbocycles. The number of halogens is 1. The molecule has 4 aromatic heterocycles. The van der Waals surface area contributed by atoms with Gasteiger partial charge < -0.3 is 15.0 Å². The third-order valence-electron chi connectivity index (χ3n) is 8.39. The van der Waals surface area contributed by atoms with Crippen molar-refractivity contribution in [1.29, 1.82) is 0 Å². The Balaban J connectivity index is 1.09. The number of urea groups is 1. The molecule has 0 radical (unpaired) electrons. The van der Waals surface area contributed by atoms with Crippen LogP contribution in [0.1, 0.15) is 72.7 Å². The maximum atomic E-state index is 13.6. The van der Waals surface area contributed by atoms with Crippen LogP contribution in [0, 0.1) is 25.6 Å². The summed E-state index contributed by atoms with van der Waals surface area (Å²) in [5.74, 6) is 0.792. The van der Waals surface area contributed by atoms with Gasteiger partial charge in [-0.25, -0.2) is 34.1 Å². The maximum Gasteiger partial charge on any atom is 0.331 e. The van der Waals surface area contributed by atoms with E-state index >= 15 is 0 Å². The van der Waals surface area contributed by atoms with E-state index in [0.717, 1.165) is 29.5 Å². The molecule has 226 valence electrons. The van der Waals surface area contributed by atoms with E-state index in [1.54, 1.807) is 19.9 Å². The molecule has 2 N–H and O–H groups in total. The summed E-state index contributed by atoms with van der Waals surface area (Å²) in [6.07, 6.45) is 7.85. The van der Waals surface area contributed by atoms with Gasteiger partial charge in [0.1, 0.15) is 29.8 Å². The second-order valence-electron chi connectivity index (χ2n) is 11.8. The van der Waals surface area contributed by atoms with Crippen molar-refractivity contribution in [1.82, 2.24) is 34.2 Å². The minimum absolute atomic E-state index is 0.0258. The summed E-state index contributed by atoms with van der Waals surface area (Å²) >= 11 is 0. The fourth-order valence-corrected chi connectivity index (χ4v) is 5.59. The average molecular weight is 599 g/mol. The fourth-order valence-electron chi connectivity index (χ4n) is 5.59. The van der Waals surface area contributed by atoms with E-state index < -0.39 is 5.82 Å². The second-order valence-corrected chi connectivity index (χ2v) is 11.8. The number of anilines is 3. The molecule has 3 atom stereocenters. The molecule has 0 spiro atoms. The normalized spacial score (nSPS) is 20.4. The first kappa shape index (κ1) is 27.8. The van der Waals surface area contributed by atoms with Crippen LogP contribution in [0.25, 0.3) is 5.65 Å². The Bertz CT molecular complexity index is 1850. The van der Waals surface area contributed by atoms with E-state index in [2.05, 4.69) is 30.6 Å². The van der Waals surface area contributed by atoms with Crippen LogP contribution in [0.4, 0.5) is 26.5 Å². The molecule has 7 rings (SSSR count). The number of aromatic nitrogens is 6. The Labute approximate surface area is 251 Å². The van der Waals surface area contributed by atoms with Crippen LogP contribution in [0.2, 0.25) is 0 Å². The summed E-state index contributed by atoms with van der Waals surface area (Å²) in [5, 5.41) is 6.22. The van der Waals surface area contributed by atoms with Crippen LogP contribution < -0.4 is 15.5 Å². The van der Waals surface area contributed by atoms with Gasteiger partial charge in [0.25, 0.3) is 0 Å². The molecule has 14 heteroatoms. The van der Waals surface area contributed by atoms with E-state index in [0.29, 0.717) is 52.7 Å². The lowest BCUT2D eigenvalue weighted by molar-refractivity contribution is -0.124. The van der Waals surface area contributed by atoms with Gasteiger partial charge in [0, 0.05) is 37.3 Å². The Hall–Kier alpha value is -5.01. The number of carbonyl (C=O) groups is 3. The van der Waals surface area contributed by atoms with Crippen LogP contribution in [-0.4, -0.2) is 65.7 Å². The van der Waals surface area contributed by atoms with Crippen molar-refractivity contribution in [2.45, 2.75) is 57.9 Å². The molecular formula is C30H31FN10O3. The number of nitrogens with one attached hydrogen (secondary N) is 2. The third-order valence-corrected chi connectivity index (χ3v) is 8.39. The van der Waals surface area contributed by atoms with Crippen molar-refractivity contribution in [3.05, 3.63) is 65.1 Å². The van der Waals surface area contributed by atoms with Crippen LogP contribution in [-0.2, 0) is 9.59 Å². The Morgan fingerprint density at radius 1 is 1.07 bits per heavy atom. The molecule has 0 aromatic carbocycles. The molecule has 1 saturated heterocycles. The number of amides is 4. The summed E-state index contributed by atoms with van der Waals surface area (Å²) in [4.78, 5) is 62.7. The molecule has 2 aliphatic carbocycles. The van der Waals surface area contributed by atoms with Crippen LogP contribution in [0.5, 0.6) is 0 Å². The van der Waals surface area contributed by atoms with Crippen molar-refractivity contribution >= 4 is 40.8 Å². The van der Waals surface area contributed by atoms with E-state index in [4.69, 9.17) is 4.98 Å². The number of aryl methyl sites for hydroxylation is 2. The standard InChI is InChI=1S/C30H31FN10O3/c1-14-21(31)10-32-27(34-14)19-8-20(19)29(43)38-25-9-24(35-16(3)36-25)33-15(2)22-12-40-11-18(17-5-6-17)7-23(28(40)37-22)41-13-26(42)39(4)30(41)44/h7,9-12,15,17,19-20H,5-6,8,13H2,1-4H3,(H2,33,35,36,38,43)/t15-,19+,20+/m1/s1. The number of pyridine rings is 1. The topological polar surface area (TPSA) is 151 Å². The number of likely N-dealkylation sites (N-methyl/N-ethyl adjacent to an activating group) is 1. The molecule has 0 unspecified atom stereocenters. The third kappa shape index (κ3) is 5.09. The first-order chi connectivity index (χ1) is 21.0. The number of fused-ring (bicyclic) bond motifs is 1. The minimum Gasteiger partial charge on any atom is -0.362 e. The number of imidazole rings is 1. The van der Waals surface area contributed by atoms with E-state index in [9.17, 15) is 18.8 Å². The van der Waals surface area contributed by atoms with Gasteiger partial charge in [-0.3, -0.25) is 19.4 Å². The molecule has 4 amide bonds. The van der Waals surface area contributed by atoms with E-state index in [-0.39, 0.29) is 48.0 Å². The van der Waals surface area contributed by atoms with Crippen molar-refractivity contribution in [3.8, 4) is 0 Å². The zero-order valence-corrected chi connectivity index (χ0v) is 24.7. The van der Waals surface area contributed by atoms with Crippen molar-refractivity contribution < 1.29 is 18.8 Å². The highest BCUT2D eigenvalue weighted by atomic mass is 19.1. The number of nitrogens with zero attached hydrogens (tertiary/aromatic N) is 8. The van der Waals surface area contributed by atoms with Gasteiger partial charge in [-0.05, 0) is 57.6 Å². The molecule has 5 heterocycles. The van der Waals surface area contributed by atoms with Crippen LogP contribution in [0.3, 0.4) is 0 Å². The van der Waals surface area contributed by atoms with E-state index in [1.807, 2.05) is 29.8 Å². The SMILES string of the molecule is Cc1nc(NC(=O)[C@H]2C[C@@H]2c2ncc(F)c(C)n2)cc(N[C@H](C)c2cn3cc(C4CC4)cc(N4CC(=O)N(C)C4=O)c3n2)n1. The predicted octanol–water partition coefficient (Wildman–Crippen LogP) is 3.86. The number of hydrogen-bond donors (Lipinski definition) is 2. The lowest BCUT2D eigenvalue weighted by atomic mass is 10.1. The zero-order chi connectivity index (χ0) is 30.9. The smallest absolute Gasteiger partial charge is 0.331 e. The van der Waals surface area contributed by atoms with Gasteiger partial charge in [-0.15, -0.1) is 0 Å². The van der Waals surface area contributed by atoms with Crippen LogP contribution in [0.15, 0.2) is 30.7 Å². The monoisotopic (exact) mass is 598 g/mol. The van der Waals surface area contributed by atoms with Gasteiger partial charge in [0.15, 0.2) is 11.5 Å². The van der Waals surface area contributed by atoms with Crippen molar-refractivity contribution in [2.75, 3.05) is 29.1 Å². The molecule has 44 heavy (non-hydrogen) atoms. The molecule has 13 nitrogen and oxygen atoms in total. The number of hydrogen-bond acceptors (Lipinski definition) is 9. The highest BCUT2D eigenvalue weighted by molar-refractivity contribution is 6.13. The van der Waals surface area contributed by atoms with Gasteiger partial charge in [0.2, 0.25) is 11.8 Å². The Kier molecular flexibility index (Phi) is 6.52. The predicted molar refractivity (Wildman–Crippen MR) is 158 cm³/mol. The summed E-state index contributed by atoms with van der Waals surface area (Å²) in [6, 6.07) is 2.97. The Morgan fingerprint density at radius 2 is 1.84 bits per heavy atom. The highest BCUT2D eigenvalue weighted by Gasteiger charge is 2.46. The molecule has 3 fully saturated rings. The van der Waals surface area contributed by atoms with Gasteiger partial charge in [-0.2, -0.15) is 0 Å². The maximum absolute atomic E-state index is 13.6. The number of carbonyl (C=O) groups excluding carboxylic acids is 3. The largest absolute Gasteiger partial charge is 0.362 e. The van der Waals surface area contributed by atoms with E-state index in [1.165, 1.54) is 11.9 Å². The first-order valence-corrected chi connectivity index (χ1v) is 14.6. The average Bonchev–Trinajstić information content (AvgIpc) is 3.91. The summed E-state index contributed by atoms with van der Waals surface area (Å²) in [6.45, 7) is 5.23. The molecular weight excluding hydrogens is 567 g/mol. The van der Waals surface area contributed by atoms with Crippen molar-refractivity contribution in [3.63, 3.8) is 0 Å². The molecule has 0 bridgehead atoms. The molecule has 3 aliphatic rings. The first-order valence-electron chi connectivity index (χ1n) is 14.6. The van der Waals surface area contributed by atoms with Crippen molar-refractivity contribution in [2.24, 2.45) is 5.92 Å². The summed E-state index contributed by atoms with van der Waals surface area (Å²) in [7, 11) is 1.49.